The highest BCUT2D eigenvalue weighted by Gasteiger charge is 2.20. The third kappa shape index (κ3) is 5.69. The van der Waals surface area contributed by atoms with Crippen LogP contribution in [0.5, 0.6) is 0 Å². The lowest BCUT2D eigenvalue weighted by Gasteiger charge is -2.26. The van der Waals surface area contributed by atoms with E-state index in [2.05, 4.69) is 15.4 Å². The molecule has 0 aliphatic rings. The first-order chi connectivity index (χ1) is 14.6. The number of hydrogen-bond donors (Lipinski definition) is 1. The fraction of sp³-hybridized carbons (Fsp3) is 0.304. The number of aromatic nitrogens is 3. The molecule has 8 nitrogen and oxygen atoms in total. The van der Waals surface area contributed by atoms with Crippen LogP contribution in [0.4, 0.5) is 10.5 Å². The average molecular weight is 422 g/mol. The van der Waals surface area contributed by atoms with Crippen molar-refractivity contribution in [1.29, 1.82) is 0 Å². The van der Waals surface area contributed by atoms with Gasteiger partial charge in [0.15, 0.2) is 0 Å². The number of benzene rings is 2. The van der Waals surface area contributed by atoms with Gasteiger partial charge in [0.05, 0.1) is 11.7 Å². The average Bonchev–Trinajstić information content (AvgIpc) is 3.26. The SMILES string of the molecule is C[C@@H](c1ccc(-n2cncn2)cc1)N(C)C(=O)c1cccc(NC(=O)OC(C)(C)C)c1. The van der Waals surface area contributed by atoms with Gasteiger partial charge in [-0.25, -0.2) is 14.5 Å². The van der Waals surface area contributed by atoms with E-state index in [4.69, 9.17) is 4.74 Å². The van der Waals surface area contributed by atoms with Gasteiger partial charge >= 0.3 is 6.09 Å². The molecule has 0 saturated heterocycles. The molecular weight excluding hydrogens is 394 g/mol. The van der Waals surface area contributed by atoms with Crippen molar-refractivity contribution >= 4 is 17.7 Å². The van der Waals surface area contributed by atoms with Crippen LogP contribution in [-0.4, -0.2) is 44.3 Å². The number of nitrogens with one attached hydrogen (secondary N) is 1. The molecule has 0 bridgehead atoms. The molecule has 1 aromatic heterocycles. The number of anilines is 1. The quantitative estimate of drug-likeness (QED) is 0.657. The van der Waals surface area contributed by atoms with E-state index in [1.165, 1.54) is 6.33 Å². The Morgan fingerprint density at radius 2 is 1.84 bits per heavy atom. The fourth-order valence-corrected chi connectivity index (χ4v) is 3.00. The molecule has 31 heavy (non-hydrogen) atoms. The van der Waals surface area contributed by atoms with Crippen LogP contribution in [-0.2, 0) is 4.74 Å². The van der Waals surface area contributed by atoms with Crippen LogP contribution in [0.15, 0.2) is 61.2 Å². The zero-order chi connectivity index (χ0) is 22.6. The van der Waals surface area contributed by atoms with E-state index < -0.39 is 11.7 Å². The number of nitrogens with zero attached hydrogens (tertiary/aromatic N) is 4. The van der Waals surface area contributed by atoms with Crippen LogP contribution in [0.25, 0.3) is 5.69 Å². The maximum Gasteiger partial charge on any atom is 0.412 e. The summed E-state index contributed by atoms with van der Waals surface area (Å²) in [6.45, 7) is 7.34. The predicted octanol–water partition coefficient (Wildman–Crippen LogP) is 4.45. The van der Waals surface area contributed by atoms with Gasteiger partial charge in [0.2, 0.25) is 0 Å². The van der Waals surface area contributed by atoms with Crippen molar-refractivity contribution in [3.63, 3.8) is 0 Å². The van der Waals surface area contributed by atoms with Gasteiger partial charge in [-0.05, 0) is 63.6 Å². The van der Waals surface area contributed by atoms with Gasteiger partial charge in [-0.3, -0.25) is 10.1 Å². The van der Waals surface area contributed by atoms with Gasteiger partial charge in [0.25, 0.3) is 5.91 Å². The Bertz CT molecular complexity index is 1040. The second-order valence-electron chi connectivity index (χ2n) is 8.23. The van der Waals surface area contributed by atoms with E-state index >= 15 is 0 Å². The first kappa shape index (κ1) is 22.0. The van der Waals surface area contributed by atoms with Gasteiger partial charge in [-0.1, -0.05) is 18.2 Å². The van der Waals surface area contributed by atoms with Crippen molar-refractivity contribution in [2.24, 2.45) is 0 Å². The number of amides is 2. The van der Waals surface area contributed by atoms with E-state index in [0.29, 0.717) is 11.3 Å². The summed E-state index contributed by atoms with van der Waals surface area (Å²) in [4.78, 5) is 30.7. The van der Waals surface area contributed by atoms with Crippen molar-refractivity contribution in [1.82, 2.24) is 19.7 Å². The smallest absolute Gasteiger partial charge is 0.412 e. The van der Waals surface area contributed by atoms with Gasteiger partial charge in [-0.2, -0.15) is 5.10 Å². The maximum atomic E-state index is 13.0. The fourth-order valence-electron chi connectivity index (χ4n) is 3.00. The summed E-state index contributed by atoms with van der Waals surface area (Å²) < 4.78 is 6.94. The summed E-state index contributed by atoms with van der Waals surface area (Å²) in [5, 5.41) is 6.78. The van der Waals surface area contributed by atoms with Crippen molar-refractivity contribution in [2.45, 2.75) is 39.3 Å². The third-order valence-corrected chi connectivity index (χ3v) is 4.71. The minimum atomic E-state index is -0.601. The molecule has 0 radical (unpaired) electrons. The molecule has 0 fully saturated rings. The standard InChI is InChI=1S/C23H27N5O3/c1-16(17-9-11-20(12-10-17)28-15-24-14-25-28)27(5)21(29)18-7-6-8-19(13-18)26-22(30)31-23(2,3)4/h6-16H,1-5H3,(H,26,30)/t16-/m0/s1. The number of rotatable bonds is 5. The molecule has 3 rings (SSSR count). The third-order valence-electron chi connectivity index (χ3n) is 4.71. The lowest BCUT2D eigenvalue weighted by molar-refractivity contribution is 0.0634. The van der Waals surface area contributed by atoms with Gasteiger partial charge < -0.3 is 9.64 Å². The lowest BCUT2D eigenvalue weighted by Crippen LogP contribution is -2.30. The van der Waals surface area contributed by atoms with Gasteiger partial charge in [0.1, 0.15) is 18.3 Å². The number of carbonyl (C=O) groups is 2. The predicted molar refractivity (Wildman–Crippen MR) is 118 cm³/mol. The molecule has 162 valence electrons. The normalized spacial score (nSPS) is 12.2. The summed E-state index contributed by atoms with van der Waals surface area (Å²) in [5.74, 6) is -0.152. The zero-order valence-corrected chi connectivity index (χ0v) is 18.4. The molecule has 0 saturated carbocycles. The summed E-state index contributed by atoms with van der Waals surface area (Å²) in [7, 11) is 1.76. The lowest BCUT2D eigenvalue weighted by atomic mass is 10.1. The maximum absolute atomic E-state index is 13.0. The van der Waals surface area contributed by atoms with Crippen LogP contribution in [0.1, 0.15) is 49.7 Å². The Balaban J connectivity index is 1.69. The molecule has 1 atom stereocenters. The Labute approximate surface area is 181 Å². The van der Waals surface area contributed by atoms with Crippen LogP contribution in [0.2, 0.25) is 0 Å². The Hall–Kier alpha value is -3.68. The number of ether oxygens (including phenoxy) is 1. The van der Waals surface area contributed by atoms with Crippen LogP contribution < -0.4 is 5.32 Å². The number of hydrogen-bond acceptors (Lipinski definition) is 5. The molecule has 1 heterocycles. The van der Waals surface area contributed by atoms with Crippen LogP contribution in [0.3, 0.4) is 0 Å². The van der Waals surface area contributed by atoms with Crippen molar-refractivity contribution in [2.75, 3.05) is 12.4 Å². The van der Waals surface area contributed by atoms with Crippen molar-refractivity contribution in [3.8, 4) is 5.69 Å². The van der Waals surface area contributed by atoms with Crippen LogP contribution >= 0.6 is 0 Å². The molecule has 0 aliphatic carbocycles. The Kier molecular flexibility index (Phi) is 6.39. The Morgan fingerprint density at radius 3 is 2.45 bits per heavy atom. The van der Waals surface area contributed by atoms with E-state index in [0.717, 1.165) is 11.3 Å². The van der Waals surface area contributed by atoms with E-state index in [9.17, 15) is 9.59 Å². The summed E-state index contributed by atoms with van der Waals surface area (Å²) >= 11 is 0. The zero-order valence-electron chi connectivity index (χ0n) is 18.4. The van der Waals surface area contributed by atoms with Crippen LogP contribution in [0, 0.1) is 0 Å². The highest BCUT2D eigenvalue weighted by Crippen LogP contribution is 2.23. The molecular formula is C23H27N5O3. The summed E-state index contributed by atoms with van der Waals surface area (Å²) in [6.07, 6.45) is 2.55. The topological polar surface area (TPSA) is 89.4 Å². The molecule has 2 aromatic carbocycles. The molecule has 1 N–H and O–H groups in total. The van der Waals surface area contributed by atoms with E-state index in [1.807, 2.05) is 31.2 Å². The van der Waals surface area contributed by atoms with Crippen molar-refractivity contribution in [3.05, 3.63) is 72.3 Å². The largest absolute Gasteiger partial charge is 0.444 e. The molecule has 0 aliphatic heterocycles. The highest BCUT2D eigenvalue weighted by atomic mass is 16.6. The van der Waals surface area contributed by atoms with Crippen molar-refractivity contribution < 1.29 is 14.3 Å². The summed E-state index contributed by atoms with van der Waals surface area (Å²) in [6, 6.07) is 14.5. The number of carbonyl (C=O) groups excluding carboxylic acids is 2. The monoisotopic (exact) mass is 421 g/mol. The first-order valence-corrected chi connectivity index (χ1v) is 9.96. The second kappa shape index (κ2) is 8.99. The van der Waals surface area contributed by atoms with Gasteiger partial charge in [-0.15, -0.1) is 0 Å². The van der Waals surface area contributed by atoms with E-state index in [1.54, 1.807) is 68.0 Å². The molecule has 0 unspecified atom stereocenters. The first-order valence-electron chi connectivity index (χ1n) is 9.96. The minimum Gasteiger partial charge on any atom is -0.444 e. The second-order valence-corrected chi connectivity index (χ2v) is 8.23. The molecule has 0 spiro atoms. The minimum absolute atomic E-state index is 0.152. The van der Waals surface area contributed by atoms with Gasteiger partial charge in [0, 0.05) is 18.3 Å². The molecule has 8 heteroatoms. The summed E-state index contributed by atoms with van der Waals surface area (Å²) in [5.41, 5.74) is 2.25. The molecule has 3 aromatic rings. The molecule has 2 amide bonds. The highest BCUT2D eigenvalue weighted by molar-refractivity contribution is 5.96. The van der Waals surface area contributed by atoms with E-state index in [-0.39, 0.29) is 11.9 Å². The Morgan fingerprint density at radius 1 is 1.13 bits per heavy atom.